The van der Waals surface area contributed by atoms with Crippen LogP contribution in [-0.2, 0) is 22.4 Å². The number of amides is 1. The number of aliphatic carboxylic acids is 1. The average Bonchev–Trinajstić information content (AvgIpc) is 2.76. The molecule has 0 radical (unpaired) electrons. The number of rotatable bonds is 9. The second kappa shape index (κ2) is 9.66. The van der Waals surface area contributed by atoms with E-state index >= 15 is 0 Å². The Bertz CT molecular complexity index is 938. The van der Waals surface area contributed by atoms with Gasteiger partial charge in [0.2, 0.25) is 6.41 Å². The zero-order valence-corrected chi connectivity index (χ0v) is 16.1. The summed E-state index contributed by atoms with van der Waals surface area (Å²) in [5.74, 6) is -1.03. The molecule has 5 heteroatoms. The molecular weight excluding hydrogens is 364 g/mol. The standard InChI is InChI=1S/C24H24N2O3/c25-23(24(28)29)16-19-8-12-22(13-9-19)26(17-27)15-14-18-6-10-21(11-7-18)20-4-2-1-3-5-20/h1-13,17,23H,14-16,25H2,(H,28,29)/t23-/m0/s1. The number of carbonyl (C=O) groups excluding carboxylic acids is 1. The van der Waals surface area contributed by atoms with Gasteiger partial charge in [-0.05, 0) is 47.2 Å². The van der Waals surface area contributed by atoms with Gasteiger partial charge in [-0.2, -0.15) is 0 Å². The van der Waals surface area contributed by atoms with Gasteiger partial charge in [0.05, 0.1) is 0 Å². The molecular formula is C24H24N2O3. The molecule has 0 aliphatic rings. The Morgan fingerprint density at radius 1 is 0.897 bits per heavy atom. The number of carbonyl (C=O) groups is 2. The Labute approximate surface area is 170 Å². The van der Waals surface area contributed by atoms with Crippen molar-refractivity contribution in [2.24, 2.45) is 5.73 Å². The Balaban J connectivity index is 1.60. The summed E-state index contributed by atoms with van der Waals surface area (Å²) in [6.07, 6.45) is 1.81. The number of benzene rings is 3. The van der Waals surface area contributed by atoms with E-state index in [4.69, 9.17) is 10.8 Å². The summed E-state index contributed by atoms with van der Waals surface area (Å²) >= 11 is 0. The molecule has 148 valence electrons. The smallest absolute Gasteiger partial charge is 0.320 e. The van der Waals surface area contributed by atoms with Gasteiger partial charge in [-0.1, -0.05) is 66.7 Å². The summed E-state index contributed by atoms with van der Waals surface area (Å²) in [7, 11) is 0. The van der Waals surface area contributed by atoms with Gasteiger partial charge < -0.3 is 15.7 Å². The molecule has 0 bridgehead atoms. The third-order valence-corrected chi connectivity index (χ3v) is 4.87. The van der Waals surface area contributed by atoms with Crippen LogP contribution in [0.3, 0.4) is 0 Å². The van der Waals surface area contributed by atoms with Gasteiger partial charge in [0.15, 0.2) is 0 Å². The second-order valence-electron chi connectivity index (χ2n) is 6.93. The van der Waals surface area contributed by atoms with Crippen LogP contribution in [0.15, 0.2) is 78.9 Å². The fraction of sp³-hybridized carbons (Fsp3) is 0.167. The third kappa shape index (κ3) is 5.53. The SMILES string of the molecule is N[C@@H](Cc1ccc(N(C=O)CCc2ccc(-c3ccccc3)cc2)cc1)C(=O)O. The number of carboxylic acids is 1. The molecule has 0 spiro atoms. The average molecular weight is 388 g/mol. The lowest BCUT2D eigenvalue weighted by atomic mass is 10.0. The molecule has 1 atom stereocenters. The summed E-state index contributed by atoms with van der Waals surface area (Å²) < 4.78 is 0. The highest BCUT2D eigenvalue weighted by atomic mass is 16.4. The van der Waals surface area contributed by atoms with Crippen LogP contribution >= 0.6 is 0 Å². The highest BCUT2D eigenvalue weighted by Crippen LogP contribution is 2.20. The van der Waals surface area contributed by atoms with E-state index in [2.05, 4.69) is 36.4 Å². The first-order valence-electron chi connectivity index (χ1n) is 9.50. The maximum Gasteiger partial charge on any atom is 0.320 e. The highest BCUT2D eigenvalue weighted by molar-refractivity contribution is 5.75. The third-order valence-electron chi connectivity index (χ3n) is 4.87. The molecule has 3 rings (SSSR count). The van der Waals surface area contributed by atoms with E-state index < -0.39 is 12.0 Å². The number of anilines is 1. The molecule has 0 heterocycles. The van der Waals surface area contributed by atoms with Crippen LogP contribution in [0.25, 0.3) is 11.1 Å². The molecule has 29 heavy (non-hydrogen) atoms. The first-order chi connectivity index (χ1) is 14.1. The molecule has 3 aromatic rings. The van der Waals surface area contributed by atoms with E-state index in [0.29, 0.717) is 6.54 Å². The lowest BCUT2D eigenvalue weighted by molar-refractivity contribution is -0.138. The molecule has 0 aliphatic carbocycles. The van der Waals surface area contributed by atoms with Crippen LogP contribution in [0.4, 0.5) is 5.69 Å². The molecule has 0 aromatic heterocycles. The minimum atomic E-state index is -1.03. The van der Waals surface area contributed by atoms with Gasteiger partial charge in [0.25, 0.3) is 0 Å². The first kappa shape index (κ1) is 20.3. The van der Waals surface area contributed by atoms with E-state index in [1.807, 2.05) is 42.5 Å². The Morgan fingerprint density at radius 3 is 2.07 bits per heavy atom. The minimum absolute atomic E-state index is 0.254. The number of hydrogen-bond donors (Lipinski definition) is 2. The summed E-state index contributed by atoms with van der Waals surface area (Å²) in [6, 6.07) is 24.9. The van der Waals surface area contributed by atoms with Crippen molar-refractivity contribution in [1.29, 1.82) is 0 Å². The summed E-state index contributed by atoms with van der Waals surface area (Å²) in [6.45, 7) is 0.558. The summed E-state index contributed by atoms with van der Waals surface area (Å²) in [5, 5.41) is 8.90. The van der Waals surface area contributed by atoms with Crippen LogP contribution in [0.1, 0.15) is 11.1 Å². The molecule has 3 aromatic carbocycles. The molecule has 0 saturated carbocycles. The van der Waals surface area contributed by atoms with Crippen molar-refractivity contribution in [3.63, 3.8) is 0 Å². The molecule has 5 nitrogen and oxygen atoms in total. The second-order valence-corrected chi connectivity index (χ2v) is 6.93. The monoisotopic (exact) mass is 388 g/mol. The van der Waals surface area contributed by atoms with Crippen molar-refractivity contribution >= 4 is 18.1 Å². The maximum absolute atomic E-state index is 11.5. The largest absolute Gasteiger partial charge is 0.480 e. The molecule has 1 amide bonds. The van der Waals surface area contributed by atoms with Crippen LogP contribution in [-0.4, -0.2) is 30.1 Å². The zero-order valence-electron chi connectivity index (χ0n) is 16.1. The van der Waals surface area contributed by atoms with Crippen LogP contribution in [0, 0.1) is 0 Å². The van der Waals surface area contributed by atoms with E-state index in [1.165, 1.54) is 5.56 Å². The van der Waals surface area contributed by atoms with E-state index in [1.54, 1.807) is 4.90 Å². The predicted octanol–water partition coefficient (Wildman–Crippen LogP) is 3.51. The lowest BCUT2D eigenvalue weighted by Gasteiger charge is -2.18. The minimum Gasteiger partial charge on any atom is -0.480 e. The van der Waals surface area contributed by atoms with Crippen LogP contribution in [0.5, 0.6) is 0 Å². The van der Waals surface area contributed by atoms with Gasteiger partial charge in [0.1, 0.15) is 6.04 Å². The van der Waals surface area contributed by atoms with Gasteiger partial charge in [-0.3, -0.25) is 9.59 Å². The summed E-state index contributed by atoms with van der Waals surface area (Å²) in [4.78, 5) is 24.1. The fourth-order valence-corrected chi connectivity index (χ4v) is 3.15. The Kier molecular flexibility index (Phi) is 6.76. The predicted molar refractivity (Wildman–Crippen MR) is 115 cm³/mol. The molecule has 3 N–H and O–H groups in total. The fourth-order valence-electron chi connectivity index (χ4n) is 3.15. The van der Waals surface area contributed by atoms with Crippen LogP contribution < -0.4 is 10.6 Å². The number of nitrogens with zero attached hydrogens (tertiary/aromatic N) is 1. The van der Waals surface area contributed by atoms with Crippen molar-refractivity contribution in [1.82, 2.24) is 0 Å². The Hall–Kier alpha value is -3.44. The maximum atomic E-state index is 11.5. The number of hydrogen-bond acceptors (Lipinski definition) is 3. The molecule has 0 unspecified atom stereocenters. The van der Waals surface area contributed by atoms with Crippen molar-refractivity contribution in [2.45, 2.75) is 18.9 Å². The lowest BCUT2D eigenvalue weighted by Crippen LogP contribution is -2.32. The van der Waals surface area contributed by atoms with Gasteiger partial charge >= 0.3 is 5.97 Å². The van der Waals surface area contributed by atoms with E-state index in [-0.39, 0.29) is 6.42 Å². The van der Waals surface area contributed by atoms with Crippen molar-refractivity contribution in [3.8, 4) is 11.1 Å². The van der Waals surface area contributed by atoms with Crippen molar-refractivity contribution in [2.75, 3.05) is 11.4 Å². The molecule has 0 aliphatic heterocycles. The number of carboxylic acid groups (broad SMARTS) is 1. The van der Waals surface area contributed by atoms with E-state index in [9.17, 15) is 9.59 Å². The normalized spacial score (nSPS) is 11.6. The first-order valence-corrected chi connectivity index (χ1v) is 9.50. The molecule has 0 fully saturated rings. The topological polar surface area (TPSA) is 83.6 Å². The van der Waals surface area contributed by atoms with Crippen molar-refractivity contribution in [3.05, 3.63) is 90.0 Å². The quantitative estimate of drug-likeness (QED) is 0.550. The zero-order chi connectivity index (χ0) is 20.6. The highest BCUT2D eigenvalue weighted by Gasteiger charge is 2.12. The van der Waals surface area contributed by atoms with Gasteiger partial charge in [-0.15, -0.1) is 0 Å². The Morgan fingerprint density at radius 2 is 1.48 bits per heavy atom. The van der Waals surface area contributed by atoms with Crippen molar-refractivity contribution < 1.29 is 14.7 Å². The molecule has 0 saturated heterocycles. The van der Waals surface area contributed by atoms with Crippen LogP contribution in [0.2, 0.25) is 0 Å². The van der Waals surface area contributed by atoms with Gasteiger partial charge in [0, 0.05) is 12.2 Å². The van der Waals surface area contributed by atoms with E-state index in [0.717, 1.165) is 35.2 Å². The number of nitrogens with two attached hydrogens (primary N) is 1. The summed E-state index contributed by atoms with van der Waals surface area (Å²) in [5.41, 5.74) is 10.7. The van der Waals surface area contributed by atoms with Gasteiger partial charge in [-0.25, -0.2) is 0 Å².